The lowest BCUT2D eigenvalue weighted by molar-refractivity contribution is -0.140. The van der Waals surface area contributed by atoms with E-state index in [1.165, 1.54) is 30.5 Å². The summed E-state index contributed by atoms with van der Waals surface area (Å²) in [6.07, 6.45) is -6.26. The van der Waals surface area contributed by atoms with Crippen molar-refractivity contribution in [2.75, 3.05) is 0 Å². The van der Waals surface area contributed by atoms with E-state index in [0.29, 0.717) is 10.9 Å². The molecule has 0 unspecified atom stereocenters. The number of rotatable bonds is 4. The third kappa shape index (κ3) is 7.24. The molecule has 0 radical (unpaired) electrons. The summed E-state index contributed by atoms with van der Waals surface area (Å²) in [5, 5.41) is 9.85. The van der Waals surface area contributed by atoms with Gasteiger partial charge in [-0.1, -0.05) is 0 Å². The summed E-state index contributed by atoms with van der Waals surface area (Å²) in [6, 6.07) is 9.81. The zero-order chi connectivity index (χ0) is 27.8. The number of phenols is 1. The molecule has 0 aliphatic rings. The van der Waals surface area contributed by atoms with E-state index in [1.54, 1.807) is 6.07 Å². The number of benzene rings is 2. The highest BCUT2D eigenvalue weighted by atomic mass is 32.2. The van der Waals surface area contributed by atoms with Gasteiger partial charge < -0.3 is 18.4 Å². The van der Waals surface area contributed by atoms with E-state index in [1.807, 2.05) is 0 Å². The van der Waals surface area contributed by atoms with Crippen LogP contribution in [0, 0.1) is 0 Å². The maximum Gasteiger partial charge on any atom is 0.534 e. The van der Waals surface area contributed by atoms with Gasteiger partial charge >= 0.3 is 28.0 Å². The van der Waals surface area contributed by atoms with Crippen molar-refractivity contribution in [1.82, 2.24) is 9.13 Å². The average molecular weight is 562 g/mol. The Morgan fingerprint density at radius 2 is 1.16 bits per heavy atom. The first kappa shape index (κ1) is 28.0. The summed E-state index contributed by atoms with van der Waals surface area (Å²) >= 11 is 0. The van der Waals surface area contributed by atoms with E-state index in [-0.39, 0.29) is 16.7 Å². The normalized spacial score (nSPS) is 13.0. The number of nitrogens with zero attached hydrogens (tertiary/aromatic N) is 2. The summed E-state index contributed by atoms with van der Waals surface area (Å²) in [7, 11) is -5.83. The first-order valence-electron chi connectivity index (χ1n) is 9.86. The molecule has 0 bridgehead atoms. The second-order valence-electron chi connectivity index (χ2n) is 7.56. The van der Waals surface area contributed by atoms with E-state index in [2.05, 4.69) is 4.18 Å². The van der Waals surface area contributed by atoms with Gasteiger partial charge in [-0.15, -0.1) is 0 Å². The van der Waals surface area contributed by atoms with Gasteiger partial charge in [-0.2, -0.15) is 47.9 Å². The van der Waals surface area contributed by atoms with Crippen LogP contribution in [0.25, 0.3) is 21.8 Å². The maximum absolute atomic E-state index is 12.3. The minimum atomic E-state index is -5.83. The smallest absolute Gasteiger partial charge is 0.508 e. The summed E-state index contributed by atoms with van der Waals surface area (Å²) < 4.78 is 138. The minimum Gasteiger partial charge on any atom is -0.508 e. The summed E-state index contributed by atoms with van der Waals surface area (Å²) in [5.41, 5.74) is -5.05. The molecule has 0 amide bonds. The lowest BCUT2D eigenvalue weighted by Gasteiger charge is -2.11. The highest BCUT2D eigenvalue weighted by Crippen LogP contribution is 2.30. The van der Waals surface area contributed by atoms with Crippen LogP contribution in [0.1, 0.15) is 0 Å². The standard InChI is InChI=1S/C11H7F6NO3S.C10H8F3NO/c12-10(13,14)6-18-4-3-7-5-8(1-2-9(7)18)21-22(19,20)11(15,16)17;11-10(12,13)6-14-4-3-7-5-8(15)1-2-9(7)14/h1-5H,6H2;1-5,15H,6H2. The van der Waals surface area contributed by atoms with Crippen LogP contribution in [0.15, 0.2) is 60.9 Å². The van der Waals surface area contributed by atoms with Gasteiger partial charge in [0.15, 0.2) is 0 Å². The first-order chi connectivity index (χ1) is 16.8. The second-order valence-corrected chi connectivity index (χ2v) is 9.10. The van der Waals surface area contributed by atoms with Crippen LogP contribution in [0.3, 0.4) is 0 Å². The molecular weight excluding hydrogens is 547 g/mol. The molecule has 0 aliphatic carbocycles. The molecule has 0 aliphatic heterocycles. The Kier molecular flexibility index (Phi) is 7.36. The van der Waals surface area contributed by atoms with Crippen molar-refractivity contribution in [2.24, 2.45) is 0 Å². The third-order valence-electron chi connectivity index (χ3n) is 4.69. The third-order valence-corrected chi connectivity index (χ3v) is 5.66. The van der Waals surface area contributed by atoms with Gasteiger partial charge in [0.05, 0.1) is 0 Å². The number of phenolic OH excluding ortho intramolecular Hbond substituents is 1. The van der Waals surface area contributed by atoms with Gasteiger partial charge in [0, 0.05) is 34.2 Å². The molecular formula is C21H15F9N2O4S. The molecule has 16 heteroatoms. The Morgan fingerprint density at radius 1 is 0.703 bits per heavy atom. The molecule has 1 N–H and O–H groups in total. The fourth-order valence-corrected chi connectivity index (χ4v) is 3.71. The van der Waals surface area contributed by atoms with E-state index in [9.17, 15) is 47.9 Å². The quantitative estimate of drug-likeness (QED) is 0.179. The Balaban J connectivity index is 0.000000220. The Labute approximate surface area is 202 Å². The fourth-order valence-electron chi connectivity index (χ4n) is 3.25. The number of hydrogen-bond donors (Lipinski definition) is 1. The van der Waals surface area contributed by atoms with Crippen molar-refractivity contribution < 1.29 is 57.2 Å². The molecule has 2 aromatic heterocycles. The van der Waals surface area contributed by atoms with Gasteiger partial charge in [0.1, 0.15) is 24.6 Å². The Morgan fingerprint density at radius 3 is 1.62 bits per heavy atom. The van der Waals surface area contributed by atoms with Crippen LogP contribution in [0.2, 0.25) is 0 Å². The fraction of sp³-hybridized carbons (Fsp3) is 0.238. The van der Waals surface area contributed by atoms with E-state index >= 15 is 0 Å². The topological polar surface area (TPSA) is 73.5 Å². The molecule has 202 valence electrons. The van der Waals surface area contributed by atoms with Crippen LogP contribution in [-0.4, -0.2) is 40.5 Å². The summed E-state index contributed by atoms with van der Waals surface area (Å²) in [4.78, 5) is 0. The molecule has 0 atom stereocenters. The average Bonchev–Trinajstić information content (AvgIpc) is 3.28. The SMILES string of the molecule is O=S(=O)(Oc1ccc2c(ccn2CC(F)(F)F)c1)C(F)(F)F.Oc1ccc2c(ccn2CC(F)(F)F)c1. The largest absolute Gasteiger partial charge is 0.534 e. The lowest BCUT2D eigenvalue weighted by Crippen LogP contribution is -2.28. The molecule has 4 aromatic rings. The number of halogens is 9. The molecule has 37 heavy (non-hydrogen) atoms. The monoisotopic (exact) mass is 562 g/mol. The van der Waals surface area contributed by atoms with Crippen LogP contribution < -0.4 is 4.18 Å². The van der Waals surface area contributed by atoms with Gasteiger partial charge in [0.25, 0.3) is 0 Å². The molecule has 2 aromatic carbocycles. The number of aromatic hydroxyl groups is 1. The molecule has 0 saturated heterocycles. The van der Waals surface area contributed by atoms with Crippen molar-refractivity contribution >= 4 is 31.9 Å². The molecule has 6 nitrogen and oxygen atoms in total. The number of hydrogen-bond acceptors (Lipinski definition) is 4. The number of aromatic nitrogens is 2. The number of alkyl halides is 9. The van der Waals surface area contributed by atoms with Gasteiger partial charge in [0.2, 0.25) is 0 Å². The van der Waals surface area contributed by atoms with E-state index < -0.39 is 46.8 Å². The molecule has 2 heterocycles. The summed E-state index contributed by atoms with van der Waals surface area (Å²) in [5.74, 6) is -0.596. The minimum absolute atomic E-state index is 0.0484. The van der Waals surface area contributed by atoms with Gasteiger partial charge in [-0.05, 0) is 48.5 Å². The maximum atomic E-state index is 12.3. The highest BCUT2D eigenvalue weighted by Gasteiger charge is 2.48. The molecule has 0 saturated carbocycles. The number of fused-ring (bicyclic) bond motifs is 2. The Bertz CT molecular complexity index is 1500. The van der Waals surface area contributed by atoms with Crippen LogP contribution in [0.5, 0.6) is 11.5 Å². The predicted octanol–water partition coefficient (Wildman–Crippen LogP) is 6.34. The van der Waals surface area contributed by atoms with Crippen molar-refractivity contribution in [3.8, 4) is 11.5 Å². The molecule has 4 rings (SSSR count). The van der Waals surface area contributed by atoms with Crippen LogP contribution in [0.4, 0.5) is 39.5 Å². The van der Waals surface area contributed by atoms with Crippen molar-refractivity contribution in [2.45, 2.75) is 31.0 Å². The highest BCUT2D eigenvalue weighted by molar-refractivity contribution is 7.88. The van der Waals surface area contributed by atoms with E-state index in [4.69, 9.17) is 5.11 Å². The van der Waals surface area contributed by atoms with Gasteiger partial charge in [-0.3, -0.25) is 0 Å². The van der Waals surface area contributed by atoms with Crippen LogP contribution >= 0.6 is 0 Å². The van der Waals surface area contributed by atoms with E-state index in [0.717, 1.165) is 33.5 Å². The molecule has 0 spiro atoms. The Hall–Kier alpha value is -3.56. The van der Waals surface area contributed by atoms with Crippen molar-refractivity contribution in [3.05, 3.63) is 60.9 Å². The zero-order valence-corrected chi connectivity index (χ0v) is 18.9. The van der Waals surface area contributed by atoms with Gasteiger partial charge in [-0.25, -0.2) is 0 Å². The lowest BCUT2D eigenvalue weighted by atomic mass is 10.2. The first-order valence-corrected chi connectivity index (χ1v) is 11.3. The van der Waals surface area contributed by atoms with Crippen LogP contribution in [-0.2, 0) is 23.2 Å². The second kappa shape index (κ2) is 9.72. The van der Waals surface area contributed by atoms with Crippen molar-refractivity contribution in [1.29, 1.82) is 0 Å². The predicted molar refractivity (Wildman–Crippen MR) is 113 cm³/mol. The molecule has 0 fully saturated rings. The summed E-state index contributed by atoms with van der Waals surface area (Å²) in [6.45, 7) is -2.29. The van der Waals surface area contributed by atoms with Crippen molar-refractivity contribution in [3.63, 3.8) is 0 Å². The zero-order valence-electron chi connectivity index (χ0n) is 18.1.